The summed E-state index contributed by atoms with van der Waals surface area (Å²) in [4.78, 5) is 24.1. The summed E-state index contributed by atoms with van der Waals surface area (Å²) in [6.07, 6.45) is 3.08. The first kappa shape index (κ1) is 22.8. The highest BCUT2D eigenvalue weighted by atomic mass is 19.1. The molecule has 0 aliphatic heterocycles. The number of nitrogens with two attached hydrogens (primary N) is 1. The van der Waals surface area contributed by atoms with E-state index >= 15 is 0 Å². The molecule has 0 spiro atoms. The van der Waals surface area contributed by atoms with E-state index in [1.165, 1.54) is 24.3 Å². The Balaban J connectivity index is 1.70. The minimum atomic E-state index is -0.574. The van der Waals surface area contributed by atoms with Crippen molar-refractivity contribution in [3.05, 3.63) is 89.9 Å². The third kappa shape index (κ3) is 4.83. The average Bonchev–Trinajstić information content (AvgIpc) is 3.22. The van der Waals surface area contributed by atoms with E-state index in [0.29, 0.717) is 34.8 Å². The van der Waals surface area contributed by atoms with E-state index in [1.807, 2.05) is 13.0 Å². The average molecular weight is 458 g/mol. The van der Waals surface area contributed by atoms with Crippen LogP contribution in [0.1, 0.15) is 29.8 Å². The first-order chi connectivity index (χ1) is 16.4. The molecular formula is C27H23FN2O4. The molecule has 0 unspecified atom stereocenters. The smallest absolute Gasteiger partial charge is 0.248 e. The summed E-state index contributed by atoms with van der Waals surface area (Å²) in [5.74, 6) is -0.684. The van der Waals surface area contributed by atoms with E-state index in [2.05, 4.69) is 5.32 Å². The number of rotatable bonds is 7. The van der Waals surface area contributed by atoms with Crippen LogP contribution in [0.25, 0.3) is 27.7 Å². The summed E-state index contributed by atoms with van der Waals surface area (Å²) in [6.45, 7) is 4.11. The first-order valence-corrected chi connectivity index (χ1v) is 10.7. The van der Waals surface area contributed by atoms with E-state index in [-0.39, 0.29) is 11.7 Å². The number of fused-ring (bicyclic) bond motifs is 1. The molecule has 0 fully saturated rings. The Kier molecular flexibility index (Phi) is 6.45. The lowest BCUT2D eigenvalue weighted by molar-refractivity contribution is -0.111. The molecule has 3 N–H and O–H groups in total. The number of benzene rings is 3. The zero-order valence-corrected chi connectivity index (χ0v) is 18.7. The van der Waals surface area contributed by atoms with Crippen molar-refractivity contribution < 1.29 is 23.1 Å². The molecule has 6 nitrogen and oxygen atoms in total. The van der Waals surface area contributed by atoms with Crippen LogP contribution in [-0.2, 0) is 4.79 Å². The van der Waals surface area contributed by atoms with Gasteiger partial charge >= 0.3 is 0 Å². The third-order valence-corrected chi connectivity index (χ3v) is 5.32. The molecule has 0 saturated carbocycles. The van der Waals surface area contributed by atoms with Crippen molar-refractivity contribution in [2.24, 2.45) is 5.73 Å². The van der Waals surface area contributed by atoms with Gasteiger partial charge < -0.3 is 20.2 Å². The molecular weight excluding hydrogens is 435 g/mol. The van der Waals surface area contributed by atoms with Gasteiger partial charge in [-0.3, -0.25) is 9.59 Å². The summed E-state index contributed by atoms with van der Waals surface area (Å²) in [7, 11) is 0. The van der Waals surface area contributed by atoms with Gasteiger partial charge in [0, 0.05) is 39.9 Å². The fraction of sp³-hybridized carbons (Fsp3) is 0.111. The molecule has 172 valence electrons. The van der Waals surface area contributed by atoms with Crippen molar-refractivity contribution in [1.82, 2.24) is 0 Å². The number of hydrogen-bond acceptors (Lipinski definition) is 4. The molecule has 0 bridgehead atoms. The zero-order chi connectivity index (χ0) is 24.2. The Hall–Kier alpha value is -4.39. The molecule has 0 aliphatic carbocycles. The quantitative estimate of drug-likeness (QED) is 0.343. The van der Waals surface area contributed by atoms with Gasteiger partial charge in [0.05, 0.1) is 12.9 Å². The van der Waals surface area contributed by atoms with Crippen LogP contribution >= 0.6 is 0 Å². The fourth-order valence-corrected chi connectivity index (χ4v) is 3.69. The van der Waals surface area contributed by atoms with Crippen LogP contribution in [-0.4, -0.2) is 18.4 Å². The molecule has 1 aromatic heterocycles. The van der Waals surface area contributed by atoms with Crippen LogP contribution in [0.5, 0.6) is 5.75 Å². The van der Waals surface area contributed by atoms with Gasteiger partial charge in [-0.2, -0.15) is 0 Å². The number of ether oxygens (including phenoxy) is 1. The van der Waals surface area contributed by atoms with Gasteiger partial charge in [-0.15, -0.1) is 0 Å². The second kappa shape index (κ2) is 9.62. The van der Waals surface area contributed by atoms with Crippen molar-refractivity contribution in [1.29, 1.82) is 0 Å². The standard InChI is InChI=1S/C27H23FN2O4/c1-3-33-24-14-25-22(23(15-34-25)17-7-9-19(28)10-8-17)13-21(24)16(2)11-26(31)30-20-6-4-5-18(12-20)27(29)32/h4-15H,3H2,1-2H3,(H2,29,32)(H,30,31)/b16-11+. The van der Waals surface area contributed by atoms with E-state index in [4.69, 9.17) is 14.9 Å². The minimum Gasteiger partial charge on any atom is -0.493 e. The molecule has 2 amide bonds. The number of primary amides is 1. The molecule has 0 aliphatic rings. The molecule has 4 rings (SSSR count). The maximum Gasteiger partial charge on any atom is 0.248 e. The number of carbonyl (C=O) groups is 2. The fourth-order valence-electron chi connectivity index (χ4n) is 3.69. The van der Waals surface area contributed by atoms with Crippen molar-refractivity contribution >= 4 is 34.0 Å². The highest BCUT2D eigenvalue weighted by molar-refractivity contribution is 6.06. The van der Waals surface area contributed by atoms with Gasteiger partial charge in [0.1, 0.15) is 17.1 Å². The molecule has 0 radical (unpaired) electrons. The Labute approximate surface area is 195 Å². The van der Waals surface area contributed by atoms with Gasteiger partial charge in [0.25, 0.3) is 0 Å². The number of halogens is 1. The van der Waals surface area contributed by atoms with Gasteiger partial charge in [0.2, 0.25) is 11.8 Å². The normalized spacial score (nSPS) is 11.4. The SMILES string of the molecule is CCOc1cc2occ(-c3ccc(F)cc3)c2cc1/C(C)=C/C(=O)Nc1cccc(C(N)=O)c1. The minimum absolute atomic E-state index is 0.302. The van der Waals surface area contributed by atoms with E-state index in [0.717, 1.165) is 22.1 Å². The molecule has 4 aromatic rings. The molecule has 3 aromatic carbocycles. The van der Waals surface area contributed by atoms with E-state index in [1.54, 1.807) is 49.6 Å². The highest BCUT2D eigenvalue weighted by Gasteiger charge is 2.15. The Morgan fingerprint density at radius 2 is 1.88 bits per heavy atom. The maximum absolute atomic E-state index is 13.4. The van der Waals surface area contributed by atoms with Gasteiger partial charge in [0.15, 0.2) is 0 Å². The molecule has 0 atom stereocenters. The summed E-state index contributed by atoms with van der Waals surface area (Å²) in [5.41, 5.74) is 9.69. The van der Waals surface area contributed by atoms with Gasteiger partial charge in [-0.25, -0.2) is 4.39 Å². The Morgan fingerprint density at radius 3 is 2.59 bits per heavy atom. The number of nitrogens with one attached hydrogen (secondary N) is 1. The van der Waals surface area contributed by atoms with Gasteiger partial charge in [-0.05, 0) is 61.4 Å². The summed E-state index contributed by atoms with van der Waals surface area (Å²) in [6, 6.07) is 16.3. The van der Waals surface area contributed by atoms with Crippen LogP contribution in [0.3, 0.4) is 0 Å². The second-order valence-corrected chi connectivity index (χ2v) is 7.70. The highest BCUT2D eigenvalue weighted by Crippen LogP contribution is 2.37. The lowest BCUT2D eigenvalue weighted by Crippen LogP contribution is -2.13. The van der Waals surface area contributed by atoms with Crippen LogP contribution in [0.4, 0.5) is 10.1 Å². The number of hydrogen-bond donors (Lipinski definition) is 2. The summed E-state index contributed by atoms with van der Waals surface area (Å²) < 4.78 is 24.9. The van der Waals surface area contributed by atoms with Crippen molar-refractivity contribution in [2.45, 2.75) is 13.8 Å². The monoisotopic (exact) mass is 458 g/mol. The lowest BCUT2D eigenvalue weighted by atomic mass is 9.99. The van der Waals surface area contributed by atoms with Crippen LogP contribution in [0.15, 0.2) is 77.4 Å². The van der Waals surface area contributed by atoms with Crippen LogP contribution in [0.2, 0.25) is 0 Å². The second-order valence-electron chi connectivity index (χ2n) is 7.70. The summed E-state index contributed by atoms with van der Waals surface area (Å²) in [5, 5.41) is 3.56. The van der Waals surface area contributed by atoms with Crippen molar-refractivity contribution in [2.75, 3.05) is 11.9 Å². The molecule has 34 heavy (non-hydrogen) atoms. The number of anilines is 1. The number of furan rings is 1. The predicted molar refractivity (Wildman–Crippen MR) is 130 cm³/mol. The predicted octanol–water partition coefficient (Wildman–Crippen LogP) is 5.78. The van der Waals surface area contributed by atoms with Crippen LogP contribution < -0.4 is 15.8 Å². The first-order valence-electron chi connectivity index (χ1n) is 10.7. The maximum atomic E-state index is 13.4. The van der Waals surface area contributed by atoms with E-state index in [9.17, 15) is 14.0 Å². The van der Waals surface area contributed by atoms with Crippen LogP contribution in [0, 0.1) is 5.82 Å². The molecule has 7 heteroatoms. The largest absolute Gasteiger partial charge is 0.493 e. The van der Waals surface area contributed by atoms with E-state index < -0.39 is 5.91 Å². The third-order valence-electron chi connectivity index (χ3n) is 5.32. The number of amides is 2. The Bertz CT molecular complexity index is 1400. The number of allylic oxidation sites excluding steroid dienone is 1. The van der Waals surface area contributed by atoms with Crippen molar-refractivity contribution in [3.63, 3.8) is 0 Å². The zero-order valence-electron chi connectivity index (χ0n) is 18.7. The van der Waals surface area contributed by atoms with Gasteiger partial charge in [-0.1, -0.05) is 18.2 Å². The number of carbonyl (C=O) groups excluding carboxylic acids is 2. The Morgan fingerprint density at radius 1 is 1.12 bits per heavy atom. The molecule has 1 heterocycles. The summed E-state index contributed by atoms with van der Waals surface area (Å²) >= 11 is 0. The molecule has 0 saturated heterocycles. The lowest BCUT2D eigenvalue weighted by Gasteiger charge is -2.12. The topological polar surface area (TPSA) is 94.6 Å². The van der Waals surface area contributed by atoms with Crippen molar-refractivity contribution in [3.8, 4) is 16.9 Å².